The zero-order chi connectivity index (χ0) is 18.4. The summed E-state index contributed by atoms with van der Waals surface area (Å²) in [6.45, 7) is 15.5. The van der Waals surface area contributed by atoms with Gasteiger partial charge in [-0.1, -0.05) is 0 Å². The van der Waals surface area contributed by atoms with E-state index >= 15 is 0 Å². The van der Waals surface area contributed by atoms with Gasteiger partial charge in [-0.3, -0.25) is 0 Å². The van der Waals surface area contributed by atoms with Crippen LogP contribution >= 0.6 is 0 Å². The number of hydrogen-bond donors (Lipinski definition) is 1. The molecule has 1 aliphatic rings. The summed E-state index contributed by atoms with van der Waals surface area (Å²) in [4.78, 5) is 0. The van der Waals surface area contributed by atoms with E-state index in [0.717, 1.165) is 0 Å². The van der Waals surface area contributed by atoms with Crippen molar-refractivity contribution in [2.45, 2.75) is 111 Å². The lowest BCUT2D eigenvalue weighted by molar-refractivity contribution is -0.338. The molecule has 0 aromatic rings. The molecule has 0 amide bonds. The molecule has 0 aromatic heterocycles. The molecule has 1 fully saturated rings. The van der Waals surface area contributed by atoms with Crippen LogP contribution < -0.4 is 0 Å². The minimum absolute atomic E-state index is 0.0105. The maximum atomic E-state index is 9.79. The van der Waals surface area contributed by atoms with Crippen molar-refractivity contribution in [1.82, 2.24) is 0 Å². The lowest BCUT2D eigenvalue weighted by Crippen LogP contribution is -2.63. The van der Waals surface area contributed by atoms with Gasteiger partial charge in [0.15, 0.2) is 6.29 Å². The Morgan fingerprint density at radius 1 is 0.667 bits per heavy atom. The van der Waals surface area contributed by atoms with Gasteiger partial charge in [0.25, 0.3) is 0 Å². The number of hydrogen-bond acceptors (Lipinski definition) is 6. The Hall–Kier alpha value is -0.240. The molecule has 0 aromatic carbocycles. The number of rotatable bonds is 9. The standard InChI is InChI=1S/C18H36O6/c1-10(2)20-15-14(9-19)24-18(23-13(7)8)17(22-12(5)6)16(15)21-11(3)4/h10-19H,9H2,1-8H3. The fourth-order valence-electron chi connectivity index (χ4n) is 2.81. The van der Waals surface area contributed by atoms with E-state index in [9.17, 15) is 5.11 Å². The van der Waals surface area contributed by atoms with Crippen molar-refractivity contribution in [3.8, 4) is 0 Å². The van der Waals surface area contributed by atoms with Crippen LogP contribution in [0.4, 0.5) is 0 Å². The second-order valence-electron chi connectivity index (χ2n) is 7.36. The predicted molar refractivity (Wildman–Crippen MR) is 92.0 cm³/mol. The number of aliphatic hydroxyl groups is 1. The molecule has 144 valence electrons. The summed E-state index contributed by atoms with van der Waals surface area (Å²) < 4.78 is 30.1. The molecule has 0 spiro atoms. The van der Waals surface area contributed by atoms with Gasteiger partial charge in [0.05, 0.1) is 31.0 Å². The average molecular weight is 348 g/mol. The molecule has 0 aliphatic carbocycles. The zero-order valence-corrected chi connectivity index (χ0v) is 16.4. The van der Waals surface area contributed by atoms with E-state index in [1.165, 1.54) is 0 Å². The number of ether oxygens (including phenoxy) is 5. The van der Waals surface area contributed by atoms with Crippen LogP contribution in [0.15, 0.2) is 0 Å². The molecule has 1 heterocycles. The normalized spacial score (nSPS) is 31.6. The van der Waals surface area contributed by atoms with Gasteiger partial charge in [-0.05, 0) is 55.4 Å². The summed E-state index contributed by atoms with van der Waals surface area (Å²) in [5.41, 5.74) is 0. The average Bonchev–Trinajstić information content (AvgIpc) is 2.42. The van der Waals surface area contributed by atoms with Crippen molar-refractivity contribution in [3.63, 3.8) is 0 Å². The lowest BCUT2D eigenvalue weighted by Gasteiger charge is -2.47. The second kappa shape index (κ2) is 10.0. The van der Waals surface area contributed by atoms with Crippen LogP contribution in [-0.2, 0) is 23.7 Å². The molecule has 1 N–H and O–H groups in total. The van der Waals surface area contributed by atoms with Crippen LogP contribution in [0.1, 0.15) is 55.4 Å². The first-order valence-corrected chi connectivity index (χ1v) is 9.03. The van der Waals surface area contributed by atoms with Gasteiger partial charge >= 0.3 is 0 Å². The lowest BCUT2D eigenvalue weighted by atomic mass is 9.97. The summed E-state index contributed by atoms with van der Waals surface area (Å²) in [6.07, 6.45) is -2.45. The molecule has 6 nitrogen and oxygen atoms in total. The highest BCUT2D eigenvalue weighted by molar-refractivity contribution is 4.93. The Kier molecular flexibility index (Phi) is 9.12. The van der Waals surface area contributed by atoms with Gasteiger partial charge in [-0.2, -0.15) is 0 Å². The highest BCUT2D eigenvalue weighted by Gasteiger charge is 2.49. The fourth-order valence-corrected chi connectivity index (χ4v) is 2.81. The summed E-state index contributed by atoms with van der Waals surface area (Å²) >= 11 is 0. The van der Waals surface area contributed by atoms with Crippen LogP contribution in [0.2, 0.25) is 0 Å². The Balaban J connectivity index is 3.13. The Morgan fingerprint density at radius 2 is 1.08 bits per heavy atom. The van der Waals surface area contributed by atoms with E-state index in [0.29, 0.717) is 0 Å². The Labute approximate surface area is 146 Å². The Bertz CT molecular complexity index is 344. The van der Waals surface area contributed by atoms with E-state index in [1.54, 1.807) is 0 Å². The number of aliphatic hydroxyl groups excluding tert-OH is 1. The molecule has 5 unspecified atom stereocenters. The van der Waals surface area contributed by atoms with Gasteiger partial charge in [0.2, 0.25) is 0 Å². The van der Waals surface area contributed by atoms with E-state index in [4.69, 9.17) is 23.7 Å². The van der Waals surface area contributed by atoms with E-state index in [1.807, 2.05) is 55.4 Å². The molecular formula is C18H36O6. The quantitative estimate of drug-likeness (QED) is 0.691. The topological polar surface area (TPSA) is 66.4 Å². The monoisotopic (exact) mass is 348 g/mol. The first kappa shape index (κ1) is 21.8. The highest BCUT2D eigenvalue weighted by atomic mass is 16.7. The summed E-state index contributed by atoms with van der Waals surface area (Å²) in [7, 11) is 0. The third-order valence-electron chi connectivity index (χ3n) is 3.47. The largest absolute Gasteiger partial charge is 0.394 e. The highest BCUT2D eigenvalue weighted by Crippen LogP contribution is 2.31. The molecule has 0 radical (unpaired) electrons. The van der Waals surface area contributed by atoms with Crippen LogP contribution in [0.5, 0.6) is 0 Å². The molecule has 6 heteroatoms. The molecular weight excluding hydrogens is 312 g/mol. The first-order valence-electron chi connectivity index (χ1n) is 9.03. The van der Waals surface area contributed by atoms with Crippen molar-refractivity contribution in [3.05, 3.63) is 0 Å². The SMILES string of the molecule is CC(C)OC1OC(CO)C(OC(C)C)C(OC(C)C)C1OC(C)C. The van der Waals surface area contributed by atoms with E-state index in [2.05, 4.69) is 0 Å². The van der Waals surface area contributed by atoms with Crippen LogP contribution in [0.3, 0.4) is 0 Å². The van der Waals surface area contributed by atoms with E-state index in [-0.39, 0.29) is 37.1 Å². The van der Waals surface area contributed by atoms with Gasteiger partial charge in [0, 0.05) is 0 Å². The first-order chi connectivity index (χ1) is 11.1. The molecule has 0 saturated carbocycles. The third kappa shape index (κ3) is 6.58. The molecule has 1 aliphatic heterocycles. The molecule has 1 saturated heterocycles. The summed E-state index contributed by atoms with van der Waals surface area (Å²) in [5, 5.41) is 9.79. The van der Waals surface area contributed by atoms with E-state index < -0.39 is 24.6 Å². The maximum absolute atomic E-state index is 9.79. The molecule has 1 rings (SSSR count). The van der Waals surface area contributed by atoms with Crippen LogP contribution in [-0.4, -0.2) is 66.8 Å². The van der Waals surface area contributed by atoms with Crippen molar-refractivity contribution in [2.75, 3.05) is 6.61 Å². The zero-order valence-electron chi connectivity index (χ0n) is 16.4. The van der Waals surface area contributed by atoms with Gasteiger partial charge in [-0.15, -0.1) is 0 Å². The molecule has 5 atom stereocenters. The molecule has 0 bridgehead atoms. The van der Waals surface area contributed by atoms with Gasteiger partial charge < -0.3 is 28.8 Å². The fraction of sp³-hybridized carbons (Fsp3) is 1.00. The van der Waals surface area contributed by atoms with Crippen molar-refractivity contribution >= 4 is 0 Å². The van der Waals surface area contributed by atoms with Crippen LogP contribution in [0.25, 0.3) is 0 Å². The summed E-state index contributed by atoms with van der Waals surface area (Å²) in [6, 6.07) is 0. The van der Waals surface area contributed by atoms with Crippen molar-refractivity contribution in [1.29, 1.82) is 0 Å². The van der Waals surface area contributed by atoms with Crippen molar-refractivity contribution < 1.29 is 28.8 Å². The second-order valence-corrected chi connectivity index (χ2v) is 7.36. The smallest absolute Gasteiger partial charge is 0.187 e. The summed E-state index contributed by atoms with van der Waals surface area (Å²) in [5.74, 6) is 0. The minimum atomic E-state index is -0.611. The Morgan fingerprint density at radius 3 is 1.50 bits per heavy atom. The van der Waals surface area contributed by atoms with Crippen molar-refractivity contribution in [2.24, 2.45) is 0 Å². The van der Waals surface area contributed by atoms with Crippen LogP contribution in [0, 0.1) is 0 Å². The van der Waals surface area contributed by atoms with Gasteiger partial charge in [-0.25, -0.2) is 0 Å². The van der Waals surface area contributed by atoms with Gasteiger partial charge in [0.1, 0.15) is 24.4 Å². The predicted octanol–water partition coefficient (Wildman–Crippen LogP) is 2.51. The maximum Gasteiger partial charge on any atom is 0.187 e. The minimum Gasteiger partial charge on any atom is -0.394 e. The third-order valence-corrected chi connectivity index (χ3v) is 3.47. The molecule has 24 heavy (non-hydrogen) atoms.